The van der Waals surface area contributed by atoms with E-state index in [4.69, 9.17) is 0 Å². The molecule has 4 heteroatoms. The fraction of sp³-hybridized carbons (Fsp3) is 0.235. The fourth-order valence-electron chi connectivity index (χ4n) is 2.50. The van der Waals surface area contributed by atoms with E-state index in [2.05, 4.69) is 41.8 Å². The zero-order valence-electron chi connectivity index (χ0n) is 12.1. The normalized spacial score (nSPS) is 14.1. The van der Waals surface area contributed by atoms with Gasteiger partial charge in [-0.3, -0.25) is 4.90 Å². The summed E-state index contributed by atoms with van der Waals surface area (Å²) in [5, 5.41) is 6.20. The van der Waals surface area contributed by atoms with Gasteiger partial charge in [-0.25, -0.2) is 4.79 Å². The van der Waals surface area contributed by atoms with Gasteiger partial charge >= 0.3 is 6.03 Å². The van der Waals surface area contributed by atoms with Crippen LogP contribution >= 0.6 is 0 Å². The van der Waals surface area contributed by atoms with E-state index < -0.39 is 0 Å². The van der Waals surface area contributed by atoms with Crippen molar-refractivity contribution in [2.45, 2.75) is 13.5 Å². The van der Waals surface area contributed by atoms with Gasteiger partial charge in [-0.05, 0) is 36.8 Å². The van der Waals surface area contributed by atoms with Crippen LogP contribution in [-0.2, 0) is 6.54 Å². The Morgan fingerprint density at radius 3 is 2.67 bits per heavy atom. The fourth-order valence-corrected chi connectivity index (χ4v) is 2.50. The third-order valence-electron chi connectivity index (χ3n) is 3.61. The molecule has 21 heavy (non-hydrogen) atoms. The number of hydrogen-bond donors (Lipinski definition) is 2. The summed E-state index contributed by atoms with van der Waals surface area (Å²) in [7, 11) is 0. The molecule has 0 unspecified atom stereocenters. The molecule has 0 aliphatic carbocycles. The predicted molar refractivity (Wildman–Crippen MR) is 85.7 cm³/mol. The van der Waals surface area contributed by atoms with Crippen LogP contribution in [0.2, 0.25) is 0 Å². The van der Waals surface area contributed by atoms with E-state index in [0.29, 0.717) is 6.54 Å². The Morgan fingerprint density at radius 1 is 1.19 bits per heavy atom. The molecule has 1 heterocycles. The largest absolute Gasteiger partial charge is 0.381 e. The Bertz CT molecular complexity index is 637. The average Bonchev–Trinajstić information content (AvgIpc) is 2.92. The number of carbonyl (C=O) groups is 1. The molecule has 2 amide bonds. The molecule has 1 aliphatic rings. The van der Waals surface area contributed by atoms with Crippen molar-refractivity contribution in [3.8, 4) is 0 Å². The van der Waals surface area contributed by atoms with Crippen molar-refractivity contribution in [3.05, 3.63) is 59.7 Å². The van der Waals surface area contributed by atoms with E-state index in [-0.39, 0.29) is 6.03 Å². The number of nitrogens with one attached hydrogen (secondary N) is 2. The third kappa shape index (κ3) is 3.16. The van der Waals surface area contributed by atoms with E-state index in [0.717, 1.165) is 24.5 Å². The summed E-state index contributed by atoms with van der Waals surface area (Å²) in [6.45, 7) is 4.34. The van der Waals surface area contributed by atoms with Gasteiger partial charge in [0.25, 0.3) is 0 Å². The lowest BCUT2D eigenvalue weighted by atomic mass is 10.1. The molecule has 3 rings (SSSR count). The molecule has 0 bridgehead atoms. The molecule has 0 radical (unpaired) electrons. The molecule has 1 fully saturated rings. The summed E-state index contributed by atoms with van der Waals surface area (Å²) in [5.74, 6) is 0. The minimum atomic E-state index is -0.0181. The zero-order valence-corrected chi connectivity index (χ0v) is 12.1. The molecular formula is C17H19N3O. The van der Waals surface area contributed by atoms with Crippen molar-refractivity contribution in [1.29, 1.82) is 0 Å². The highest BCUT2D eigenvalue weighted by atomic mass is 16.2. The van der Waals surface area contributed by atoms with Crippen LogP contribution in [0.25, 0.3) is 0 Å². The highest BCUT2D eigenvalue weighted by Crippen LogP contribution is 2.20. The lowest BCUT2D eigenvalue weighted by Crippen LogP contribution is -2.27. The number of hydrogen-bond acceptors (Lipinski definition) is 2. The van der Waals surface area contributed by atoms with Crippen LogP contribution in [0.15, 0.2) is 48.5 Å². The van der Waals surface area contributed by atoms with Gasteiger partial charge in [-0.1, -0.05) is 29.8 Å². The van der Waals surface area contributed by atoms with Gasteiger partial charge in [-0.15, -0.1) is 0 Å². The van der Waals surface area contributed by atoms with Crippen LogP contribution in [0.5, 0.6) is 0 Å². The van der Waals surface area contributed by atoms with Gasteiger partial charge in [0, 0.05) is 31.0 Å². The first-order chi connectivity index (χ1) is 10.2. The minimum absolute atomic E-state index is 0.0181. The lowest BCUT2D eigenvalue weighted by molar-refractivity contribution is 0.252. The van der Waals surface area contributed by atoms with Crippen molar-refractivity contribution in [3.63, 3.8) is 0 Å². The topological polar surface area (TPSA) is 44.4 Å². The molecule has 0 atom stereocenters. The Morgan fingerprint density at radius 2 is 2.00 bits per heavy atom. The number of aryl methyl sites for hydroxylation is 1. The first-order valence-electron chi connectivity index (χ1n) is 7.17. The maximum Gasteiger partial charge on any atom is 0.321 e. The predicted octanol–water partition coefficient (Wildman–Crippen LogP) is 3.14. The molecule has 4 nitrogen and oxygen atoms in total. The van der Waals surface area contributed by atoms with E-state index in [1.165, 1.54) is 11.1 Å². The Hall–Kier alpha value is -2.49. The molecule has 1 aliphatic heterocycles. The molecular weight excluding hydrogens is 262 g/mol. The van der Waals surface area contributed by atoms with Crippen molar-refractivity contribution >= 4 is 17.4 Å². The van der Waals surface area contributed by atoms with Crippen LogP contribution in [0, 0.1) is 6.92 Å². The molecule has 2 aromatic carbocycles. The maximum absolute atomic E-state index is 11.6. The molecule has 0 saturated carbocycles. The number of nitrogens with zero attached hydrogens (tertiary/aromatic N) is 1. The average molecular weight is 281 g/mol. The van der Waals surface area contributed by atoms with Gasteiger partial charge in [0.1, 0.15) is 0 Å². The smallest absolute Gasteiger partial charge is 0.321 e. The summed E-state index contributed by atoms with van der Waals surface area (Å²) >= 11 is 0. The van der Waals surface area contributed by atoms with Crippen LogP contribution in [-0.4, -0.2) is 19.1 Å². The number of rotatable bonds is 4. The molecule has 2 aromatic rings. The highest BCUT2D eigenvalue weighted by Gasteiger charge is 2.20. The van der Waals surface area contributed by atoms with Crippen molar-refractivity contribution < 1.29 is 4.79 Å². The second kappa shape index (κ2) is 5.87. The molecule has 1 saturated heterocycles. The van der Waals surface area contributed by atoms with Crippen LogP contribution in [0.1, 0.15) is 11.1 Å². The first kappa shape index (κ1) is 13.5. The SMILES string of the molecule is Cc1cccc(CNc2ccc(N3CCNC3=O)cc2)c1. The van der Waals surface area contributed by atoms with Crippen LogP contribution < -0.4 is 15.5 Å². The van der Waals surface area contributed by atoms with Crippen molar-refractivity contribution in [2.24, 2.45) is 0 Å². The number of amides is 2. The Kier molecular flexibility index (Phi) is 3.77. The monoisotopic (exact) mass is 281 g/mol. The Balaban J connectivity index is 1.63. The number of carbonyl (C=O) groups excluding carboxylic acids is 1. The minimum Gasteiger partial charge on any atom is -0.381 e. The van der Waals surface area contributed by atoms with Gasteiger partial charge in [0.2, 0.25) is 0 Å². The third-order valence-corrected chi connectivity index (χ3v) is 3.61. The van der Waals surface area contributed by atoms with Gasteiger partial charge < -0.3 is 10.6 Å². The second-order valence-corrected chi connectivity index (χ2v) is 5.27. The number of urea groups is 1. The summed E-state index contributed by atoms with van der Waals surface area (Å²) in [6, 6.07) is 16.4. The quantitative estimate of drug-likeness (QED) is 0.904. The van der Waals surface area contributed by atoms with Crippen molar-refractivity contribution in [1.82, 2.24) is 5.32 Å². The standard InChI is InChI=1S/C17H19N3O/c1-13-3-2-4-14(11-13)12-19-15-5-7-16(8-6-15)20-10-9-18-17(20)21/h2-8,11,19H,9-10,12H2,1H3,(H,18,21). The lowest BCUT2D eigenvalue weighted by Gasteiger charge is -2.15. The molecule has 0 aromatic heterocycles. The molecule has 2 N–H and O–H groups in total. The summed E-state index contributed by atoms with van der Waals surface area (Å²) in [4.78, 5) is 13.4. The van der Waals surface area contributed by atoms with E-state index in [9.17, 15) is 4.79 Å². The Labute approximate surface area is 124 Å². The maximum atomic E-state index is 11.6. The van der Waals surface area contributed by atoms with E-state index >= 15 is 0 Å². The van der Waals surface area contributed by atoms with E-state index in [1.807, 2.05) is 24.3 Å². The zero-order chi connectivity index (χ0) is 14.7. The second-order valence-electron chi connectivity index (χ2n) is 5.27. The molecule has 108 valence electrons. The number of anilines is 2. The van der Waals surface area contributed by atoms with E-state index in [1.54, 1.807) is 4.90 Å². The van der Waals surface area contributed by atoms with Crippen LogP contribution in [0.4, 0.5) is 16.2 Å². The summed E-state index contributed by atoms with van der Waals surface area (Å²) in [6.07, 6.45) is 0. The highest BCUT2D eigenvalue weighted by molar-refractivity contribution is 5.94. The summed E-state index contributed by atoms with van der Waals surface area (Å²) < 4.78 is 0. The first-order valence-corrected chi connectivity index (χ1v) is 7.17. The van der Waals surface area contributed by atoms with Crippen molar-refractivity contribution in [2.75, 3.05) is 23.3 Å². The van der Waals surface area contributed by atoms with Gasteiger partial charge in [0.15, 0.2) is 0 Å². The summed E-state index contributed by atoms with van der Waals surface area (Å²) in [5.41, 5.74) is 4.52. The number of benzene rings is 2. The molecule has 0 spiro atoms. The van der Waals surface area contributed by atoms with Gasteiger partial charge in [-0.2, -0.15) is 0 Å². The van der Waals surface area contributed by atoms with Gasteiger partial charge in [0.05, 0.1) is 0 Å². The van der Waals surface area contributed by atoms with Crippen LogP contribution in [0.3, 0.4) is 0 Å².